The smallest absolute Gasteiger partial charge is 0.423 e. The summed E-state index contributed by atoms with van der Waals surface area (Å²) in [7, 11) is -1.87. The number of benzene rings is 2. The number of anilines is 1. The third kappa shape index (κ3) is 3.39. The number of amides is 1. The van der Waals surface area contributed by atoms with Crippen molar-refractivity contribution in [1.82, 2.24) is 0 Å². The second-order valence-electron chi connectivity index (χ2n) is 4.16. The van der Waals surface area contributed by atoms with Crippen molar-refractivity contribution in [2.24, 2.45) is 0 Å². The Morgan fingerprint density at radius 2 is 1.76 bits per heavy atom. The molecule has 0 fully saturated rings. The Morgan fingerprint density at radius 1 is 1.14 bits per heavy atom. The summed E-state index contributed by atoms with van der Waals surface area (Å²) in [6.07, 6.45) is 0. The van der Waals surface area contributed by atoms with E-state index in [-0.39, 0.29) is 16.0 Å². The van der Waals surface area contributed by atoms with Crippen LogP contribution in [-0.2, 0) is 0 Å². The van der Waals surface area contributed by atoms with Crippen LogP contribution in [0.2, 0.25) is 5.02 Å². The average Bonchev–Trinajstić information content (AvgIpc) is 2.43. The van der Waals surface area contributed by atoms with Gasteiger partial charge in [0.25, 0.3) is 5.91 Å². The molecule has 0 heterocycles. The second kappa shape index (κ2) is 6.21. The van der Waals surface area contributed by atoms with Crippen molar-refractivity contribution in [3.8, 4) is 0 Å². The van der Waals surface area contributed by atoms with Crippen molar-refractivity contribution in [1.29, 1.82) is 0 Å². The maximum absolute atomic E-state index is 13.4. The molecule has 0 aliphatic rings. The summed E-state index contributed by atoms with van der Waals surface area (Å²) in [5.74, 6) is -2.64. The fraction of sp³-hybridized carbons (Fsp3) is 0. The Bertz CT molecular complexity index is 677. The molecule has 0 bridgehead atoms. The summed E-state index contributed by atoms with van der Waals surface area (Å²) in [5.41, 5.74) is -0.688. The summed E-state index contributed by atoms with van der Waals surface area (Å²) in [6.45, 7) is 0. The van der Waals surface area contributed by atoms with E-state index in [2.05, 4.69) is 5.32 Å². The standard InChI is InChI=1S/C13H9BClF2NO3/c15-9-5-4-7(6-8(9)14(20)21)13(19)18-12-10(16)2-1-3-11(12)17/h1-6,20-21H,(H,18,19). The molecule has 4 nitrogen and oxygen atoms in total. The minimum atomic E-state index is -1.87. The largest absolute Gasteiger partial charge is 0.489 e. The van der Waals surface area contributed by atoms with Crippen molar-refractivity contribution in [3.63, 3.8) is 0 Å². The van der Waals surface area contributed by atoms with Gasteiger partial charge in [0.15, 0.2) is 0 Å². The fourth-order valence-electron chi connectivity index (χ4n) is 1.69. The van der Waals surface area contributed by atoms with Gasteiger partial charge in [-0.25, -0.2) is 8.78 Å². The average molecular weight is 311 g/mol. The molecule has 0 saturated carbocycles. The van der Waals surface area contributed by atoms with Gasteiger partial charge in [0.05, 0.1) is 0 Å². The van der Waals surface area contributed by atoms with Crippen LogP contribution in [0.25, 0.3) is 0 Å². The molecule has 108 valence electrons. The zero-order valence-electron chi connectivity index (χ0n) is 10.5. The minimum Gasteiger partial charge on any atom is -0.423 e. The number of nitrogens with one attached hydrogen (secondary N) is 1. The lowest BCUT2D eigenvalue weighted by Crippen LogP contribution is -2.32. The van der Waals surface area contributed by atoms with Crippen molar-refractivity contribution in [2.45, 2.75) is 0 Å². The molecule has 0 aliphatic heterocycles. The topological polar surface area (TPSA) is 69.6 Å². The van der Waals surface area contributed by atoms with Crippen molar-refractivity contribution < 1.29 is 23.6 Å². The van der Waals surface area contributed by atoms with E-state index in [4.69, 9.17) is 21.6 Å². The highest BCUT2D eigenvalue weighted by Crippen LogP contribution is 2.19. The maximum atomic E-state index is 13.4. The van der Waals surface area contributed by atoms with E-state index in [1.54, 1.807) is 0 Å². The molecule has 2 aromatic carbocycles. The molecule has 2 rings (SSSR count). The van der Waals surface area contributed by atoms with Crippen LogP contribution in [0.1, 0.15) is 10.4 Å². The van der Waals surface area contributed by atoms with Crippen LogP contribution in [-0.4, -0.2) is 23.1 Å². The fourth-order valence-corrected chi connectivity index (χ4v) is 1.90. The third-order valence-electron chi connectivity index (χ3n) is 2.74. The van der Waals surface area contributed by atoms with E-state index in [9.17, 15) is 13.6 Å². The van der Waals surface area contributed by atoms with Crippen molar-refractivity contribution in [2.75, 3.05) is 5.32 Å². The summed E-state index contributed by atoms with van der Waals surface area (Å²) in [6, 6.07) is 6.88. The second-order valence-corrected chi connectivity index (χ2v) is 4.57. The predicted octanol–water partition coefficient (Wildman–Crippen LogP) is 1.55. The molecular weight excluding hydrogens is 302 g/mol. The number of hydrogen-bond acceptors (Lipinski definition) is 3. The molecule has 0 atom stereocenters. The van der Waals surface area contributed by atoms with E-state index in [1.807, 2.05) is 0 Å². The molecule has 0 aliphatic carbocycles. The molecule has 1 amide bonds. The van der Waals surface area contributed by atoms with Crippen molar-refractivity contribution in [3.05, 3.63) is 58.6 Å². The van der Waals surface area contributed by atoms with E-state index in [0.717, 1.165) is 18.2 Å². The van der Waals surface area contributed by atoms with Crippen LogP contribution < -0.4 is 10.8 Å². The zero-order valence-corrected chi connectivity index (χ0v) is 11.2. The van der Waals surface area contributed by atoms with Crippen molar-refractivity contribution >= 4 is 35.8 Å². The number of halogens is 3. The first-order chi connectivity index (χ1) is 9.90. The number of rotatable bonds is 3. The molecular formula is C13H9BClF2NO3. The first-order valence-electron chi connectivity index (χ1n) is 5.81. The highest BCUT2D eigenvalue weighted by Gasteiger charge is 2.19. The Morgan fingerprint density at radius 3 is 2.33 bits per heavy atom. The molecule has 3 N–H and O–H groups in total. The van der Waals surface area contributed by atoms with E-state index >= 15 is 0 Å². The van der Waals surface area contributed by atoms with Gasteiger partial charge in [-0.15, -0.1) is 0 Å². The molecule has 21 heavy (non-hydrogen) atoms. The summed E-state index contributed by atoms with van der Waals surface area (Å²) >= 11 is 5.73. The van der Waals surface area contributed by atoms with Crippen LogP contribution in [0.4, 0.5) is 14.5 Å². The molecule has 0 unspecified atom stereocenters. The Balaban J connectivity index is 2.31. The van der Waals surface area contributed by atoms with Gasteiger partial charge in [0.1, 0.15) is 17.3 Å². The van der Waals surface area contributed by atoms with Gasteiger partial charge in [-0.2, -0.15) is 0 Å². The maximum Gasteiger partial charge on any atom is 0.489 e. The lowest BCUT2D eigenvalue weighted by Gasteiger charge is -2.09. The highest BCUT2D eigenvalue weighted by atomic mass is 35.5. The molecule has 8 heteroatoms. The highest BCUT2D eigenvalue weighted by molar-refractivity contribution is 6.62. The van der Waals surface area contributed by atoms with Crippen LogP contribution >= 0.6 is 11.6 Å². The van der Waals surface area contributed by atoms with Gasteiger partial charge in [-0.05, 0) is 30.3 Å². The summed E-state index contributed by atoms with van der Waals surface area (Å²) < 4.78 is 26.9. The normalized spacial score (nSPS) is 10.3. The van der Waals surface area contributed by atoms with Gasteiger partial charge in [-0.1, -0.05) is 17.7 Å². The van der Waals surface area contributed by atoms with Crippen LogP contribution in [0, 0.1) is 11.6 Å². The number of hydrogen-bond donors (Lipinski definition) is 3. The van der Waals surface area contributed by atoms with Gasteiger partial charge in [0.2, 0.25) is 0 Å². The zero-order chi connectivity index (χ0) is 15.6. The van der Waals surface area contributed by atoms with Crippen LogP contribution in [0.5, 0.6) is 0 Å². The molecule has 0 saturated heterocycles. The minimum absolute atomic E-state index is 0.0230. The Hall–Kier alpha value is -1.96. The number of carbonyl (C=O) groups excluding carboxylic acids is 1. The van der Waals surface area contributed by atoms with Gasteiger partial charge < -0.3 is 15.4 Å². The molecule has 0 radical (unpaired) electrons. The van der Waals surface area contributed by atoms with E-state index in [0.29, 0.717) is 0 Å². The third-order valence-corrected chi connectivity index (χ3v) is 3.08. The van der Waals surface area contributed by atoms with E-state index in [1.165, 1.54) is 18.2 Å². The number of carbonyl (C=O) groups is 1. The predicted molar refractivity (Wildman–Crippen MR) is 75.6 cm³/mol. The molecule has 0 spiro atoms. The lowest BCUT2D eigenvalue weighted by molar-refractivity contribution is 0.102. The summed E-state index contributed by atoms with van der Waals surface area (Å²) in [4.78, 5) is 12.0. The lowest BCUT2D eigenvalue weighted by atomic mass is 9.79. The first-order valence-corrected chi connectivity index (χ1v) is 6.19. The van der Waals surface area contributed by atoms with Gasteiger partial charge in [0, 0.05) is 16.0 Å². The Labute approximate surface area is 124 Å². The summed E-state index contributed by atoms with van der Waals surface area (Å²) in [5, 5.41) is 20.4. The molecule has 0 aromatic heterocycles. The number of para-hydroxylation sites is 1. The van der Waals surface area contributed by atoms with Crippen LogP contribution in [0.15, 0.2) is 36.4 Å². The first kappa shape index (κ1) is 15.4. The monoisotopic (exact) mass is 311 g/mol. The van der Waals surface area contributed by atoms with Gasteiger partial charge in [-0.3, -0.25) is 4.79 Å². The quantitative estimate of drug-likeness (QED) is 0.753. The SMILES string of the molecule is O=C(Nc1c(F)cccc1F)c1ccc(Cl)c(B(O)O)c1. The van der Waals surface area contributed by atoms with Crippen LogP contribution in [0.3, 0.4) is 0 Å². The molecule has 2 aromatic rings. The van der Waals surface area contributed by atoms with Gasteiger partial charge >= 0.3 is 7.12 Å². The van der Waals surface area contributed by atoms with E-state index < -0.39 is 30.3 Å². The Kier molecular flexibility index (Phi) is 4.57.